The van der Waals surface area contributed by atoms with E-state index >= 15 is 0 Å². The summed E-state index contributed by atoms with van der Waals surface area (Å²) in [7, 11) is 1.18. The van der Waals surface area contributed by atoms with Crippen LogP contribution >= 0.6 is 0 Å². The maximum Gasteiger partial charge on any atom is 0.337 e. The van der Waals surface area contributed by atoms with Crippen molar-refractivity contribution in [1.29, 1.82) is 0 Å². The first-order valence-corrected chi connectivity index (χ1v) is 13.0. The molecule has 0 spiro atoms. The number of aliphatic hydroxyl groups is 5. The van der Waals surface area contributed by atoms with Crippen molar-refractivity contribution >= 4 is 11.9 Å². The fraction of sp³-hybridized carbons (Fsp3) is 0.556. The minimum atomic E-state index is -1.72. The van der Waals surface area contributed by atoms with Gasteiger partial charge in [0.15, 0.2) is 17.8 Å². The summed E-state index contributed by atoms with van der Waals surface area (Å²) >= 11 is 0. The molecule has 0 radical (unpaired) electrons. The molecule has 3 heterocycles. The van der Waals surface area contributed by atoms with Gasteiger partial charge in [0.2, 0.25) is 12.2 Å². The van der Waals surface area contributed by atoms with Crippen LogP contribution < -0.4 is 0 Å². The Morgan fingerprint density at radius 1 is 1.07 bits per heavy atom. The number of esters is 1. The van der Waals surface area contributed by atoms with Gasteiger partial charge in [-0.15, -0.1) is 6.58 Å². The highest BCUT2D eigenvalue weighted by Crippen LogP contribution is 2.47. The number of hydrogen-bond acceptors (Lipinski definition) is 13. The van der Waals surface area contributed by atoms with E-state index in [1.165, 1.54) is 37.1 Å². The molecule has 0 bridgehead atoms. The summed E-state index contributed by atoms with van der Waals surface area (Å²) in [5, 5.41) is 71.2. The van der Waals surface area contributed by atoms with Crippen LogP contribution in [0, 0.1) is 11.8 Å². The first-order valence-electron chi connectivity index (χ1n) is 13.0. The Morgan fingerprint density at radius 3 is 2.32 bits per heavy atom. The van der Waals surface area contributed by atoms with E-state index < -0.39 is 91.0 Å². The number of phenols is 2. The number of phenolic OH excluding ortho intramolecular Hbond substituents is 2. The third-order valence-corrected chi connectivity index (χ3v) is 7.84. The molecule has 226 valence electrons. The van der Waals surface area contributed by atoms with Crippen molar-refractivity contribution < 1.29 is 64.3 Å². The molecule has 10 unspecified atom stereocenters. The lowest BCUT2D eigenvalue weighted by atomic mass is 9.76. The monoisotopic (exact) mass is 581 g/mol. The minimum Gasteiger partial charge on any atom is -0.504 e. The number of fused-ring (bicyclic) bond motifs is 1. The van der Waals surface area contributed by atoms with Crippen LogP contribution in [0.5, 0.6) is 11.5 Å². The van der Waals surface area contributed by atoms with E-state index in [0.29, 0.717) is 11.1 Å². The Kier molecular flexibility index (Phi) is 9.23. The smallest absolute Gasteiger partial charge is 0.337 e. The molecule has 7 N–H and O–H groups in total. The highest BCUT2D eigenvalue weighted by Gasteiger charge is 2.48. The minimum absolute atomic E-state index is 0.0129. The fourth-order valence-corrected chi connectivity index (χ4v) is 5.64. The molecule has 1 saturated heterocycles. The molecule has 3 aliphatic rings. The molecule has 1 amide bonds. The zero-order valence-electron chi connectivity index (χ0n) is 22.4. The Morgan fingerprint density at radius 2 is 1.73 bits per heavy atom. The molecule has 0 saturated carbocycles. The predicted molar refractivity (Wildman–Crippen MR) is 136 cm³/mol. The summed E-state index contributed by atoms with van der Waals surface area (Å²) < 4.78 is 21.9. The molecule has 0 aromatic heterocycles. The molecule has 14 nitrogen and oxygen atoms in total. The van der Waals surface area contributed by atoms with Crippen molar-refractivity contribution in [3.63, 3.8) is 0 Å². The molecule has 41 heavy (non-hydrogen) atoms. The number of benzene rings is 1. The highest BCUT2D eigenvalue weighted by atomic mass is 16.8. The van der Waals surface area contributed by atoms with Gasteiger partial charge in [0.05, 0.1) is 44.2 Å². The van der Waals surface area contributed by atoms with Gasteiger partial charge in [0, 0.05) is 18.8 Å². The van der Waals surface area contributed by atoms with E-state index in [4.69, 9.17) is 18.9 Å². The van der Waals surface area contributed by atoms with Crippen LogP contribution in [0.25, 0.3) is 0 Å². The second-order valence-electron chi connectivity index (χ2n) is 10.2. The van der Waals surface area contributed by atoms with Crippen molar-refractivity contribution in [2.75, 3.05) is 20.3 Å². The van der Waals surface area contributed by atoms with E-state index in [1.807, 2.05) is 0 Å². The number of hydrogen-bond donors (Lipinski definition) is 7. The number of β-amino-alcohol motifs (C(OH)–C–C–N with tert-alkyl or cyclic N) is 1. The quantitative estimate of drug-likeness (QED) is 0.118. The van der Waals surface area contributed by atoms with Crippen molar-refractivity contribution in [3.8, 4) is 11.5 Å². The SMILES string of the molecule is C=CC1C(OC2OC(CO)C(O)C(O)C2O)OC=C(C(=O)OC)C1CC1c2cc(O)c(O)cc2C(O)CN1C(C)=O. The van der Waals surface area contributed by atoms with Gasteiger partial charge in [0.1, 0.15) is 24.4 Å². The van der Waals surface area contributed by atoms with Gasteiger partial charge in [0.25, 0.3) is 0 Å². The van der Waals surface area contributed by atoms with E-state index in [-0.39, 0.29) is 18.5 Å². The Bertz CT molecular complexity index is 1190. The van der Waals surface area contributed by atoms with Crippen molar-refractivity contribution in [1.82, 2.24) is 4.90 Å². The summed E-state index contributed by atoms with van der Waals surface area (Å²) in [6.07, 6.45) is -7.68. The lowest BCUT2D eigenvalue weighted by Crippen LogP contribution is -2.60. The second kappa shape index (κ2) is 12.3. The third kappa shape index (κ3) is 5.77. The molecule has 0 aliphatic carbocycles. The molecular formula is C27H35NO13. The van der Waals surface area contributed by atoms with Crippen molar-refractivity contribution in [2.45, 2.75) is 62.5 Å². The molecule has 3 aliphatic heterocycles. The van der Waals surface area contributed by atoms with Crippen LogP contribution in [0.4, 0.5) is 0 Å². The van der Waals surface area contributed by atoms with Crippen LogP contribution in [-0.4, -0.2) is 110 Å². The largest absolute Gasteiger partial charge is 0.504 e. The topological polar surface area (TPSA) is 216 Å². The van der Waals surface area contributed by atoms with Gasteiger partial charge in [-0.25, -0.2) is 4.79 Å². The number of nitrogens with zero attached hydrogens (tertiary/aromatic N) is 1. The summed E-state index contributed by atoms with van der Waals surface area (Å²) in [6.45, 7) is 4.35. The van der Waals surface area contributed by atoms with Crippen LogP contribution in [0.3, 0.4) is 0 Å². The molecule has 1 aromatic carbocycles. The van der Waals surface area contributed by atoms with Crippen LogP contribution in [-0.2, 0) is 28.5 Å². The van der Waals surface area contributed by atoms with Crippen molar-refractivity contribution in [3.05, 3.63) is 47.7 Å². The molecule has 4 rings (SSSR count). The highest BCUT2D eigenvalue weighted by molar-refractivity contribution is 5.89. The number of carbonyl (C=O) groups is 2. The third-order valence-electron chi connectivity index (χ3n) is 7.84. The summed E-state index contributed by atoms with van der Waals surface area (Å²) in [4.78, 5) is 26.9. The summed E-state index contributed by atoms with van der Waals surface area (Å²) in [5.41, 5.74) is 0.701. The summed E-state index contributed by atoms with van der Waals surface area (Å²) in [5.74, 6) is -3.72. The maximum absolute atomic E-state index is 12.8. The maximum atomic E-state index is 12.8. The van der Waals surface area contributed by atoms with Crippen molar-refractivity contribution in [2.24, 2.45) is 11.8 Å². The Balaban J connectivity index is 1.71. The molecule has 1 fully saturated rings. The number of rotatable bonds is 7. The average molecular weight is 582 g/mol. The van der Waals surface area contributed by atoms with Gasteiger partial charge in [-0.3, -0.25) is 4.79 Å². The Labute approximate surface area is 235 Å². The fourth-order valence-electron chi connectivity index (χ4n) is 5.64. The molecule has 10 atom stereocenters. The first kappa shape index (κ1) is 30.7. The van der Waals surface area contributed by atoms with Gasteiger partial charge in [-0.05, 0) is 29.7 Å². The van der Waals surface area contributed by atoms with Crippen LogP contribution in [0.15, 0.2) is 36.6 Å². The zero-order chi connectivity index (χ0) is 30.2. The van der Waals surface area contributed by atoms with E-state index in [9.17, 15) is 45.3 Å². The van der Waals surface area contributed by atoms with E-state index in [1.54, 1.807) is 0 Å². The van der Waals surface area contributed by atoms with Crippen LogP contribution in [0.1, 0.15) is 36.6 Å². The van der Waals surface area contributed by atoms with E-state index in [2.05, 4.69) is 6.58 Å². The Hall–Kier alpha value is -3.24. The number of ether oxygens (including phenoxy) is 4. The predicted octanol–water partition coefficient (Wildman–Crippen LogP) is -0.927. The van der Waals surface area contributed by atoms with Crippen LogP contribution in [0.2, 0.25) is 0 Å². The normalized spacial score (nSPS) is 35.1. The molecule has 1 aromatic rings. The molecule has 14 heteroatoms. The van der Waals surface area contributed by atoms with Gasteiger partial charge < -0.3 is 59.6 Å². The number of carbonyl (C=O) groups excluding carboxylic acids is 2. The standard InChI is InChI=1S/C27H35NO13/c1-4-12-13(5-17-14-6-18(31)19(32)7-15(14)20(33)8-28(17)11(2)30)16(25(37)38-3)10-39-26(12)41-27-24(36)23(35)22(34)21(9-29)40-27/h4,6-7,10,12-13,17,20-24,26-27,29,31-36H,1,5,8-9H2,2-3H3. The lowest BCUT2D eigenvalue weighted by molar-refractivity contribution is -0.339. The average Bonchev–Trinajstić information content (AvgIpc) is 2.95. The number of amides is 1. The lowest BCUT2D eigenvalue weighted by Gasteiger charge is -2.45. The van der Waals surface area contributed by atoms with Gasteiger partial charge in [-0.1, -0.05) is 6.08 Å². The summed E-state index contributed by atoms with van der Waals surface area (Å²) in [6, 6.07) is 1.67. The van der Waals surface area contributed by atoms with E-state index in [0.717, 1.165) is 6.26 Å². The van der Waals surface area contributed by atoms with Gasteiger partial charge in [-0.2, -0.15) is 0 Å². The zero-order valence-corrected chi connectivity index (χ0v) is 22.4. The van der Waals surface area contributed by atoms with Gasteiger partial charge >= 0.3 is 5.97 Å². The number of methoxy groups -OCH3 is 1. The number of aromatic hydroxyl groups is 2. The molecular weight excluding hydrogens is 546 g/mol. The number of aliphatic hydroxyl groups excluding tert-OH is 5. The first-order chi connectivity index (χ1) is 19.4. The second-order valence-corrected chi connectivity index (χ2v) is 10.2.